The van der Waals surface area contributed by atoms with Crippen molar-refractivity contribution in [1.29, 1.82) is 0 Å². The quantitative estimate of drug-likeness (QED) is 0.937. The fourth-order valence-electron chi connectivity index (χ4n) is 2.94. The lowest BCUT2D eigenvalue weighted by Gasteiger charge is -2.36. The van der Waals surface area contributed by atoms with Gasteiger partial charge in [-0.1, -0.05) is 20.8 Å². The number of hydrogen-bond donors (Lipinski definition) is 1. The number of hydrogen-bond acceptors (Lipinski definition) is 5. The van der Waals surface area contributed by atoms with E-state index in [4.69, 9.17) is 4.98 Å². The first kappa shape index (κ1) is 14.6. The van der Waals surface area contributed by atoms with Crippen LogP contribution in [0.5, 0.6) is 0 Å². The smallest absolute Gasteiger partial charge is 0.225 e. The van der Waals surface area contributed by atoms with Gasteiger partial charge < -0.3 is 10.2 Å². The Balaban J connectivity index is 2.05. The predicted octanol–water partition coefficient (Wildman–Crippen LogP) is 3.78. The monoisotopic (exact) mass is 304 g/mol. The summed E-state index contributed by atoms with van der Waals surface area (Å²) in [5.41, 5.74) is 0. The molecular weight excluding hydrogens is 280 g/mol. The predicted molar refractivity (Wildman–Crippen MR) is 91.5 cm³/mol. The summed E-state index contributed by atoms with van der Waals surface area (Å²) in [5, 5.41) is 4.32. The summed E-state index contributed by atoms with van der Waals surface area (Å²) in [7, 11) is 1.89. The normalized spacial score (nSPS) is 22.8. The molecule has 3 heterocycles. The van der Waals surface area contributed by atoms with Crippen LogP contribution in [0.2, 0.25) is 0 Å². The maximum Gasteiger partial charge on any atom is 0.225 e. The molecule has 1 fully saturated rings. The van der Waals surface area contributed by atoms with Gasteiger partial charge in [0.05, 0.1) is 5.39 Å². The fourth-order valence-corrected chi connectivity index (χ4v) is 3.90. The first-order valence-corrected chi connectivity index (χ1v) is 8.67. The number of fused-ring (bicyclic) bond motifs is 1. The summed E-state index contributed by atoms with van der Waals surface area (Å²) in [5.74, 6) is 3.36. The molecule has 21 heavy (non-hydrogen) atoms. The highest BCUT2D eigenvalue weighted by Crippen LogP contribution is 2.35. The number of anilines is 2. The number of nitrogens with one attached hydrogen (secondary N) is 1. The van der Waals surface area contributed by atoms with E-state index in [-0.39, 0.29) is 0 Å². The second kappa shape index (κ2) is 5.79. The summed E-state index contributed by atoms with van der Waals surface area (Å²) in [6.07, 6.45) is 2.30. The largest absolute Gasteiger partial charge is 0.357 e. The molecule has 0 amide bonds. The van der Waals surface area contributed by atoms with Gasteiger partial charge in [-0.2, -0.15) is 4.98 Å². The van der Waals surface area contributed by atoms with E-state index in [9.17, 15) is 0 Å². The molecule has 0 aliphatic carbocycles. The van der Waals surface area contributed by atoms with Crippen LogP contribution in [0, 0.1) is 11.8 Å². The SMILES string of the molecule is CCc1cc2c(N3CCC(C)C(C)C3)nc(NC)nc2s1. The van der Waals surface area contributed by atoms with Gasteiger partial charge in [-0.25, -0.2) is 4.98 Å². The zero-order valence-corrected chi connectivity index (χ0v) is 14.1. The molecule has 114 valence electrons. The molecule has 2 unspecified atom stereocenters. The van der Waals surface area contributed by atoms with Crippen LogP contribution in [-0.4, -0.2) is 30.1 Å². The Morgan fingerprint density at radius 1 is 1.33 bits per heavy atom. The highest BCUT2D eigenvalue weighted by molar-refractivity contribution is 7.18. The second-order valence-corrected chi connectivity index (χ2v) is 7.21. The summed E-state index contributed by atoms with van der Waals surface area (Å²) >= 11 is 1.79. The molecule has 0 spiro atoms. The van der Waals surface area contributed by atoms with Crippen molar-refractivity contribution in [2.45, 2.75) is 33.6 Å². The molecular formula is C16H24N4S. The highest BCUT2D eigenvalue weighted by Gasteiger charge is 2.25. The Kier molecular flexibility index (Phi) is 4.02. The van der Waals surface area contributed by atoms with Gasteiger partial charge in [0.25, 0.3) is 0 Å². The Bertz CT molecular complexity index is 636. The molecule has 2 aromatic heterocycles. The van der Waals surface area contributed by atoms with Crippen molar-refractivity contribution in [1.82, 2.24) is 9.97 Å². The first-order valence-electron chi connectivity index (χ1n) is 7.85. The first-order chi connectivity index (χ1) is 10.1. The fraction of sp³-hybridized carbons (Fsp3) is 0.625. The minimum absolute atomic E-state index is 0.714. The van der Waals surface area contributed by atoms with Gasteiger partial charge in [0.15, 0.2) is 0 Å². The van der Waals surface area contributed by atoms with Crippen molar-refractivity contribution in [3.63, 3.8) is 0 Å². The molecule has 1 saturated heterocycles. The van der Waals surface area contributed by atoms with Crippen molar-refractivity contribution in [3.05, 3.63) is 10.9 Å². The molecule has 3 rings (SSSR count). The van der Waals surface area contributed by atoms with Crippen LogP contribution in [-0.2, 0) is 6.42 Å². The molecule has 2 aromatic rings. The zero-order valence-electron chi connectivity index (χ0n) is 13.3. The lowest BCUT2D eigenvalue weighted by Crippen LogP contribution is -2.39. The van der Waals surface area contributed by atoms with Gasteiger partial charge in [-0.3, -0.25) is 0 Å². The van der Waals surface area contributed by atoms with Crippen LogP contribution < -0.4 is 10.2 Å². The number of piperidine rings is 1. The van der Waals surface area contributed by atoms with Crippen LogP contribution in [0.25, 0.3) is 10.2 Å². The summed E-state index contributed by atoms with van der Waals surface area (Å²) in [6.45, 7) is 9.09. The Morgan fingerprint density at radius 3 is 2.81 bits per heavy atom. The summed E-state index contributed by atoms with van der Waals surface area (Å²) in [6, 6.07) is 2.28. The minimum Gasteiger partial charge on any atom is -0.357 e. The molecule has 0 saturated carbocycles. The minimum atomic E-state index is 0.714. The van der Waals surface area contributed by atoms with Gasteiger partial charge in [-0.05, 0) is 30.7 Å². The van der Waals surface area contributed by atoms with E-state index >= 15 is 0 Å². The number of nitrogens with zero attached hydrogens (tertiary/aromatic N) is 3. The molecule has 4 nitrogen and oxygen atoms in total. The molecule has 1 aliphatic heterocycles. The van der Waals surface area contributed by atoms with Crippen molar-refractivity contribution in [3.8, 4) is 0 Å². The second-order valence-electron chi connectivity index (χ2n) is 6.10. The Labute approximate surface area is 130 Å². The van der Waals surface area contributed by atoms with Crippen LogP contribution in [0.1, 0.15) is 32.1 Å². The third kappa shape index (κ3) is 2.71. The lowest BCUT2D eigenvalue weighted by molar-refractivity contribution is 0.323. The number of aromatic nitrogens is 2. The number of rotatable bonds is 3. The molecule has 0 aromatic carbocycles. The average molecular weight is 304 g/mol. The highest BCUT2D eigenvalue weighted by atomic mass is 32.1. The molecule has 5 heteroatoms. The molecule has 2 atom stereocenters. The van der Waals surface area contributed by atoms with Crippen molar-refractivity contribution in [2.24, 2.45) is 11.8 Å². The average Bonchev–Trinajstić information content (AvgIpc) is 2.92. The Hall–Kier alpha value is -1.36. The van der Waals surface area contributed by atoms with Crippen molar-refractivity contribution >= 4 is 33.3 Å². The molecule has 1 N–H and O–H groups in total. The van der Waals surface area contributed by atoms with Crippen LogP contribution >= 0.6 is 11.3 Å². The third-order valence-electron chi connectivity index (χ3n) is 4.63. The molecule has 0 bridgehead atoms. The van der Waals surface area contributed by atoms with Crippen LogP contribution in [0.4, 0.5) is 11.8 Å². The summed E-state index contributed by atoms with van der Waals surface area (Å²) in [4.78, 5) is 14.3. The van der Waals surface area contributed by atoms with E-state index < -0.39 is 0 Å². The maximum absolute atomic E-state index is 4.76. The van der Waals surface area contributed by atoms with E-state index in [2.05, 4.69) is 42.0 Å². The van der Waals surface area contributed by atoms with Gasteiger partial charge in [0.2, 0.25) is 5.95 Å². The standard InChI is InChI=1S/C16H24N4S/c1-5-12-8-13-14(18-16(17-4)19-15(13)21-12)20-7-6-10(2)11(3)9-20/h8,10-11H,5-7,9H2,1-4H3,(H,17,18,19). The van der Waals surface area contributed by atoms with Gasteiger partial charge in [0, 0.05) is 25.0 Å². The van der Waals surface area contributed by atoms with E-state index in [0.29, 0.717) is 5.92 Å². The van der Waals surface area contributed by atoms with Crippen molar-refractivity contribution in [2.75, 3.05) is 30.4 Å². The van der Waals surface area contributed by atoms with E-state index in [1.165, 1.54) is 16.7 Å². The lowest BCUT2D eigenvalue weighted by atomic mass is 9.88. The maximum atomic E-state index is 4.76. The third-order valence-corrected chi connectivity index (χ3v) is 5.80. The Morgan fingerprint density at radius 2 is 2.14 bits per heavy atom. The van der Waals surface area contributed by atoms with Crippen molar-refractivity contribution < 1.29 is 0 Å². The molecule has 1 aliphatic rings. The molecule has 0 radical (unpaired) electrons. The summed E-state index contributed by atoms with van der Waals surface area (Å²) < 4.78 is 0. The van der Waals surface area contributed by atoms with E-state index in [1.54, 1.807) is 11.3 Å². The van der Waals surface area contributed by atoms with Gasteiger partial charge in [0.1, 0.15) is 10.6 Å². The van der Waals surface area contributed by atoms with Gasteiger partial charge >= 0.3 is 0 Å². The number of aryl methyl sites for hydroxylation is 1. The topological polar surface area (TPSA) is 41.1 Å². The van der Waals surface area contributed by atoms with E-state index in [0.717, 1.165) is 42.0 Å². The van der Waals surface area contributed by atoms with Gasteiger partial charge in [-0.15, -0.1) is 11.3 Å². The van der Waals surface area contributed by atoms with E-state index in [1.807, 2.05) is 7.05 Å². The zero-order chi connectivity index (χ0) is 15.0. The van der Waals surface area contributed by atoms with Crippen LogP contribution in [0.15, 0.2) is 6.07 Å². The van der Waals surface area contributed by atoms with Crippen LogP contribution in [0.3, 0.4) is 0 Å². The number of thiophene rings is 1.